The van der Waals surface area contributed by atoms with E-state index in [2.05, 4.69) is 20.3 Å². The summed E-state index contributed by atoms with van der Waals surface area (Å²) in [4.78, 5) is 24.7. The van der Waals surface area contributed by atoms with Gasteiger partial charge in [0.2, 0.25) is 11.8 Å². The maximum atomic E-state index is 14.6. The molecular weight excluding hydrogens is 387 g/mol. The Morgan fingerprint density at radius 3 is 2.53 bits per heavy atom. The van der Waals surface area contributed by atoms with E-state index in [9.17, 15) is 9.18 Å². The van der Waals surface area contributed by atoms with Crippen LogP contribution in [0.3, 0.4) is 0 Å². The van der Waals surface area contributed by atoms with Gasteiger partial charge in [0.1, 0.15) is 5.69 Å². The van der Waals surface area contributed by atoms with Crippen LogP contribution in [0, 0.1) is 5.82 Å². The smallest absolute Gasteiger partial charge is 0.237 e. The lowest BCUT2D eigenvalue weighted by molar-refractivity contribution is 0.0987. The molecule has 0 aliphatic rings. The normalized spacial score (nSPS) is 10.5. The number of Topliss-reactive ketones (excluding diaryl/α,β-unsaturated/α-hetero) is 1. The number of hydrogen-bond donors (Lipinski definition) is 1. The van der Waals surface area contributed by atoms with Crippen LogP contribution >= 0.6 is 0 Å². The number of nitrogens with one attached hydrogen (secondary N) is 1. The average Bonchev–Trinajstić information content (AvgIpc) is 2.79. The fraction of sp³-hybridized carbons (Fsp3) is 0.273. The van der Waals surface area contributed by atoms with Gasteiger partial charge in [0.05, 0.1) is 14.2 Å². The summed E-state index contributed by atoms with van der Waals surface area (Å²) in [5, 5.41) is 3.05. The molecule has 8 heteroatoms. The number of hydrogen-bond acceptors (Lipinski definition) is 7. The molecule has 2 heterocycles. The Hall–Kier alpha value is -3.55. The molecule has 0 aliphatic carbocycles. The average molecular weight is 410 g/mol. The Labute approximate surface area is 174 Å². The Morgan fingerprint density at radius 1 is 1.10 bits per heavy atom. The third kappa shape index (κ3) is 4.89. The minimum absolute atomic E-state index is 0.0564. The molecule has 7 nitrogen and oxygen atoms in total. The lowest BCUT2D eigenvalue weighted by Gasteiger charge is -2.11. The Morgan fingerprint density at radius 2 is 1.87 bits per heavy atom. The standard InChI is InChI=1S/C22H23FN4O3/c1-4-18(28)16-10-15(20(23)19(11-16)29-2)8-7-14-12-25-22(26-13-14)27-17-6-5-9-24-21(17)30-3/h5-6,9-13H,4,7-8H2,1-3H3,(H,25,26,27). The van der Waals surface area contributed by atoms with E-state index in [1.54, 1.807) is 37.6 Å². The highest BCUT2D eigenvalue weighted by Crippen LogP contribution is 2.26. The van der Waals surface area contributed by atoms with Gasteiger partial charge in [0, 0.05) is 30.6 Å². The van der Waals surface area contributed by atoms with Crippen molar-refractivity contribution in [2.75, 3.05) is 19.5 Å². The van der Waals surface area contributed by atoms with Crippen molar-refractivity contribution in [1.82, 2.24) is 15.0 Å². The summed E-state index contributed by atoms with van der Waals surface area (Å²) in [5.74, 6) is 0.405. The van der Waals surface area contributed by atoms with E-state index in [0.717, 1.165) is 5.56 Å². The molecule has 3 aromatic rings. The van der Waals surface area contributed by atoms with Crippen molar-refractivity contribution < 1.29 is 18.7 Å². The molecule has 1 aromatic carbocycles. The lowest BCUT2D eigenvalue weighted by Crippen LogP contribution is -2.05. The number of anilines is 2. The summed E-state index contributed by atoms with van der Waals surface area (Å²) in [6, 6.07) is 6.62. The van der Waals surface area contributed by atoms with Crippen LogP contribution in [0.2, 0.25) is 0 Å². The highest BCUT2D eigenvalue weighted by atomic mass is 19.1. The summed E-state index contributed by atoms with van der Waals surface area (Å²) in [6.07, 6.45) is 6.23. The van der Waals surface area contributed by atoms with Crippen LogP contribution < -0.4 is 14.8 Å². The number of aromatic nitrogens is 3. The van der Waals surface area contributed by atoms with Gasteiger partial charge in [-0.1, -0.05) is 6.92 Å². The molecule has 2 aromatic heterocycles. The lowest BCUT2D eigenvalue weighted by atomic mass is 10.00. The first-order valence-electron chi connectivity index (χ1n) is 9.52. The number of rotatable bonds is 9. The summed E-state index contributed by atoms with van der Waals surface area (Å²) >= 11 is 0. The van der Waals surface area contributed by atoms with Crippen LogP contribution in [0.25, 0.3) is 0 Å². The first kappa shape index (κ1) is 21.2. The number of carbonyl (C=O) groups is 1. The van der Waals surface area contributed by atoms with Gasteiger partial charge in [-0.3, -0.25) is 4.79 Å². The van der Waals surface area contributed by atoms with Crippen molar-refractivity contribution in [1.29, 1.82) is 0 Å². The molecule has 0 bridgehead atoms. The van der Waals surface area contributed by atoms with Crippen LogP contribution in [-0.4, -0.2) is 35.0 Å². The van der Waals surface area contributed by atoms with Crippen LogP contribution in [0.4, 0.5) is 16.0 Å². The first-order chi connectivity index (χ1) is 14.5. The molecule has 156 valence electrons. The van der Waals surface area contributed by atoms with E-state index < -0.39 is 5.82 Å². The molecule has 0 amide bonds. The fourth-order valence-electron chi connectivity index (χ4n) is 2.95. The van der Waals surface area contributed by atoms with Gasteiger partial charge in [-0.05, 0) is 48.2 Å². The molecule has 30 heavy (non-hydrogen) atoms. The van der Waals surface area contributed by atoms with E-state index in [1.807, 2.05) is 6.07 Å². The molecule has 0 radical (unpaired) electrons. The quantitative estimate of drug-likeness (QED) is 0.530. The molecule has 1 N–H and O–H groups in total. The number of benzene rings is 1. The number of nitrogens with zero attached hydrogens (tertiary/aromatic N) is 3. The third-order valence-electron chi connectivity index (χ3n) is 4.58. The van der Waals surface area contributed by atoms with Crippen LogP contribution in [0.15, 0.2) is 42.9 Å². The maximum absolute atomic E-state index is 14.6. The summed E-state index contributed by atoms with van der Waals surface area (Å²) in [7, 11) is 2.92. The topological polar surface area (TPSA) is 86.2 Å². The number of ketones is 1. The van der Waals surface area contributed by atoms with E-state index >= 15 is 0 Å². The van der Waals surface area contributed by atoms with Gasteiger partial charge >= 0.3 is 0 Å². The van der Waals surface area contributed by atoms with E-state index in [1.165, 1.54) is 20.3 Å². The zero-order valence-corrected chi connectivity index (χ0v) is 17.1. The third-order valence-corrected chi connectivity index (χ3v) is 4.58. The number of halogens is 1. The molecule has 0 unspecified atom stereocenters. The molecule has 0 fully saturated rings. The summed E-state index contributed by atoms with van der Waals surface area (Å²) < 4.78 is 24.9. The van der Waals surface area contributed by atoms with Gasteiger partial charge in [0.15, 0.2) is 17.3 Å². The first-order valence-corrected chi connectivity index (χ1v) is 9.52. The van der Waals surface area contributed by atoms with Crippen LogP contribution in [-0.2, 0) is 12.8 Å². The second kappa shape index (κ2) is 9.78. The predicted octanol–water partition coefficient (Wildman–Crippen LogP) is 4.15. The predicted molar refractivity (Wildman–Crippen MR) is 111 cm³/mol. The molecule has 0 aliphatic heterocycles. The van der Waals surface area contributed by atoms with Crippen molar-refractivity contribution in [3.8, 4) is 11.6 Å². The number of pyridine rings is 1. The molecule has 0 saturated heterocycles. The van der Waals surface area contributed by atoms with Crippen molar-refractivity contribution in [3.63, 3.8) is 0 Å². The van der Waals surface area contributed by atoms with Gasteiger partial charge < -0.3 is 14.8 Å². The van der Waals surface area contributed by atoms with Gasteiger partial charge in [-0.2, -0.15) is 0 Å². The summed E-state index contributed by atoms with van der Waals surface area (Å²) in [6.45, 7) is 1.77. The minimum Gasteiger partial charge on any atom is -0.494 e. The number of methoxy groups -OCH3 is 2. The molecule has 0 saturated carbocycles. The molecular formula is C22H23FN4O3. The van der Waals surface area contributed by atoms with E-state index in [4.69, 9.17) is 9.47 Å². The van der Waals surface area contributed by atoms with Gasteiger partial charge in [0.25, 0.3) is 0 Å². The van der Waals surface area contributed by atoms with Gasteiger partial charge in [-0.25, -0.2) is 19.3 Å². The molecule has 0 atom stereocenters. The van der Waals surface area contributed by atoms with Crippen LogP contribution in [0.1, 0.15) is 34.8 Å². The number of aryl methyl sites for hydroxylation is 2. The second-order valence-electron chi connectivity index (χ2n) is 6.53. The van der Waals surface area contributed by atoms with E-state index in [-0.39, 0.29) is 11.5 Å². The second-order valence-corrected chi connectivity index (χ2v) is 6.53. The monoisotopic (exact) mass is 410 g/mol. The van der Waals surface area contributed by atoms with Crippen molar-refractivity contribution in [3.05, 3.63) is 65.4 Å². The van der Waals surface area contributed by atoms with Gasteiger partial charge in [-0.15, -0.1) is 0 Å². The van der Waals surface area contributed by atoms with Crippen molar-refractivity contribution in [2.24, 2.45) is 0 Å². The zero-order valence-electron chi connectivity index (χ0n) is 17.1. The largest absolute Gasteiger partial charge is 0.494 e. The molecule has 0 spiro atoms. The summed E-state index contributed by atoms with van der Waals surface area (Å²) in [5.41, 5.74) is 2.36. The Kier molecular flexibility index (Phi) is 6.90. The Bertz CT molecular complexity index is 1030. The van der Waals surface area contributed by atoms with Crippen LogP contribution in [0.5, 0.6) is 11.6 Å². The highest BCUT2D eigenvalue weighted by molar-refractivity contribution is 5.96. The highest BCUT2D eigenvalue weighted by Gasteiger charge is 2.15. The Balaban J connectivity index is 1.71. The number of carbonyl (C=O) groups excluding carboxylic acids is 1. The maximum Gasteiger partial charge on any atom is 0.237 e. The SMILES string of the molecule is CCC(=O)c1cc(CCc2cnc(Nc3cccnc3OC)nc2)c(F)c(OC)c1. The minimum atomic E-state index is -0.451. The number of ether oxygens (including phenoxy) is 2. The van der Waals surface area contributed by atoms with E-state index in [0.29, 0.717) is 47.9 Å². The zero-order chi connectivity index (χ0) is 21.5. The molecule has 3 rings (SSSR count). The fourth-order valence-corrected chi connectivity index (χ4v) is 2.95. The van der Waals surface area contributed by atoms with Crippen molar-refractivity contribution in [2.45, 2.75) is 26.2 Å². The van der Waals surface area contributed by atoms with Crippen molar-refractivity contribution >= 4 is 17.4 Å².